The first kappa shape index (κ1) is 19.0. The fourth-order valence-corrected chi connectivity index (χ4v) is 2.68. The number of nitrogens with two attached hydrogens (primary N) is 1. The van der Waals surface area contributed by atoms with Crippen molar-refractivity contribution in [3.8, 4) is 5.82 Å². The van der Waals surface area contributed by atoms with Crippen LogP contribution in [0.15, 0.2) is 34.0 Å². The Kier molecular flexibility index (Phi) is 5.63. The molecule has 2 heterocycles. The van der Waals surface area contributed by atoms with Crippen molar-refractivity contribution in [3.63, 3.8) is 0 Å². The Bertz CT molecular complexity index is 971. The van der Waals surface area contributed by atoms with Crippen LogP contribution in [0.5, 0.6) is 0 Å². The van der Waals surface area contributed by atoms with Crippen LogP contribution in [0.2, 0.25) is 0 Å². The average molecular weight is 383 g/mol. The number of nitrogens with one attached hydrogen (secondary N) is 1. The normalized spacial score (nSPS) is 11.1. The Balaban J connectivity index is 1.71. The summed E-state index contributed by atoms with van der Waals surface area (Å²) >= 11 is 0. The van der Waals surface area contributed by atoms with Crippen molar-refractivity contribution in [3.05, 3.63) is 41.2 Å². The standard InChI is InChI=1S/C17H21N9O2/c1-4-25(5-2)13-8-6-12(7-9-13)10-19-21-17(27)14-11(3)20-24-26(14)16-15(18)22-28-23-16/h6-10H,4-5H2,1-3H3,(H2,18,22)(H,21,27)/b19-10-. The number of hydrogen-bond acceptors (Lipinski definition) is 9. The lowest BCUT2D eigenvalue weighted by atomic mass is 10.2. The van der Waals surface area contributed by atoms with Gasteiger partial charge >= 0.3 is 0 Å². The topological polar surface area (TPSA) is 140 Å². The fourth-order valence-electron chi connectivity index (χ4n) is 2.68. The van der Waals surface area contributed by atoms with Crippen LogP contribution in [-0.4, -0.2) is 50.5 Å². The van der Waals surface area contributed by atoms with E-state index in [1.165, 1.54) is 0 Å². The van der Waals surface area contributed by atoms with Crippen molar-refractivity contribution in [1.82, 2.24) is 30.7 Å². The molecule has 0 atom stereocenters. The van der Waals surface area contributed by atoms with E-state index in [-0.39, 0.29) is 17.3 Å². The van der Waals surface area contributed by atoms with Crippen LogP contribution in [0.1, 0.15) is 35.6 Å². The van der Waals surface area contributed by atoms with Crippen molar-refractivity contribution in [2.24, 2.45) is 5.10 Å². The lowest BCUT2D eigenvalue weighted by Crippen LogP contribution is -2.23. The van der Waals surface area contributed by atoms with E-state index in [9.17, 15) is 4.79 Å². The molecule has 0 aliphatic rings. The molecule has 0 saturated carbocycles. The van der Waals surface area contributed by atoms with Crippen LogP contribution in [0, 0.1) is 6.92 Å². The molecule has 0 radical (unpaired) electrons. The van der Waals surface area contributed by atoms with E-state index < -0.39 is 5.91 Å². The van der Waals surface area contributed by atoms with Crippen LogP contribution in [0.4, 0.5) is 11.5 Å². The highest BCUT2D eigenvalue weighted by Crippen LogP contribution is 2.15. The number of nitrogen functional groups attached to an aromatic ring is 1. The van der Waals surface area contributed by atoms with Gasteiger partial charge in [-0.15, -0.1) is 5.10 Å². The van der Waals surface area contributed by atoms with E-state index in [0.717, 1.165) is 29.0 Å². The molecule has 3 N–H and O–H groups in total. The van der Waals surface area contributed by atoms with E-state index in [4.69, 9.17) is 5.73 Å². The average Bonchev–Trinajstić information content (AvgIpc) is 3.29. The first-order valence-corrected chi connectivity index (χ1v) is 8.74. The summed E-state index contributed by atoms with van der Waals surface area (Å²) in [6.45, 7) is 7.73. The molecular formula is C17H21N9O2. The number of amides is 1. The summed E-state index contributed by atoms with van der Waals surface area (Å²) in [7, 11) is 0. The highest BCUT2D eigenvalue weighted by atomic mass is 16.6. The number of aromatic nitrogens is 5. The van der Waals surface area contributed by atoms with Gasteiger partial charge < -0.3 is 10.6 Å². The summed E-state index contributed by atoms with van der Waals surface area (Å²) < 4.78 is 5.70. The fraction of sp³-hybridized carbons (Fsp3) is 0.294. The highest BCUT2D eigenvalue weighted by molar-refractivity contribution is 5.94. The van der Waals surface area contributed by atoms with E-state index in [1.807, 2.05) is 24.3 Å². The first-order valence-electron chi connectivity index (χ1n) is 8.74. The SMILES string of the molecule is CCN(CC)c1ccc(/C=N\NC(=O)c2c(C)nnn2-c2nonc2N)cc1. The lowest BCUT2D eigenvalue weighted by molar-refractivity contribution is 0.0946. The van der Waals surface area contributed by atoms with Gasteiger partial charge in [0.1, 0.15) is 0 Å². The number of nitrogens with zero attached hydrogens (tertiary/aromatic N) is 7. The summed E-state index contributed by atoms with van der Waals surface area (Å²) in [5.41, 5.74) is 10.6. The van der Waals surface area contributed by atoms with Crippen molar-refractivity contribution < 1.29 is 9.42 Å². The Hall–Kier alpha value is -3.76. The number of carbonyl (C=O) groups excluding carboxylic acids is 1. The Morgan fingerprint density at radius 1 is 1.29 bits per heavy atom. The molecule has 11 heteroatoms. The maximum Gasteiger partial charge on any atom is 0.292 e. The minimum absolute atomic E-state index is 0.00394. The monoisotopic (exact) mass is 383 g/mol. The number of aryl methyl sites for hydroxylation is 1. The second-order valence-electron chi connectivity index (χ2n) is 5.87. The molecule has 0 saturated heterocycles. The lowest BCUT2D eigenvalue weighted by Gasteiger charge is -2.20. The smallest absolute Gasteiger partial charge is 0.292 e. The predicted octanol–water partition coefficient (Wildman–Crippen LogP) is 1.15. The van der Waals surface area contributed by atoms with Crippen LogP contribution < -0.4 is 16.1 Å². The molecule has 0 aliphatic carbocycles. The van der Waals surface area contributed by atoms with Gasteiger partial charge in [-0.1, -0.05) is 17.3 Å². The van der Waals surface area contributed by atoms with E-state index in [0.29, 0.717) is 5.69 Å². The molecule has 0 aliphatic heterocycles. The zero-order valence-electron chi connectivity index (χ0n) is 15.8. The van der Waals surface area contributed by atoms with Gasteiger partial charge in [-0.2, -0.15) is 9.78 Å². The molecule has 3 rings (SSSR count). The van der Waals surface area contributed by atoms with Gasteiger partial charge in [-0.3, -0.25) is 4.79 Å². The third kappa shape index (κ3) is 3.82. The van der Waals surface area contributed by atoms with E-state index in [2.05, 4.69) is 54.5 Å². The molecule has 146 valence electrons. The number of hydrogen-bond donors (Lipinski definition) is 2. The number of anilines is 2. The van der Waals surface area contributed by atoms with Crippen LogP contribution >= 0.6 is 0 Å². The van der Waals surface area contributed by atoms with Crippen molar-refractivity contribution in [2.75, 3.05) is 23.7 Å². The molecule has 0 spiro atoms. The third-order valence-corrected chi connectivity index (χ3v) is 4.15. The molecular weight excluding hydrogens is 362 g/mol. The highest BCUT2D eigenvalue weighted by Gasteiger charge is 2.22. The first-order chi connectivity index (χ1) is 13.5. The van der Waals surface area contributed by atoms with E-state index >= 15 is 0 Å². The minimum atomic E-state index is -0.513. The summed E-state index contributed by atoms with van der Waals surface area (Å²) in [5, 5.41) is 18.8. The summed E-state index contributed by atoms with van der Waals surface area (Å²) in [5.74, 6) is -0.432. The largest absolute Gasteiger partial charge is 0.378 e. The zero-order valence-corrected chi connectivity index (χ0v) is 15.8. The molecule has 11 nitrogen and oxygen atoms in total. The Morgan fingerprint density at radius 3 is 2.61 bits per heavy atom. The summed E-state index contributed by atoms with van der Waals surface area (Å²) in [6, 6.07) is 7.89. The van der Waals surface area contributed by atoms with Crippen molar-refractivity contribution >= 4 is 23.6 Å². The van der Waals surface area contributed by atoms with Crippen LogP contribution in [-0.2, 0) is 0 Å². The molecule has 28 heavy (non-hydrogen) atoms. The zero-order chi connectivity index (χ0) is 20.1. The predicted molar refractivity (Wildman–Crippen MR) is 103 cm³/mol. The van der Waals surface area contributed by atoms with Gasteiger partial charge in [0.2, 0.25) is 11.6 Å². The molecule has 3 aromatic rings. The molecule has 2 aromatic heterocycles. The van der Waals surface area contributed by atoms with E-state index in [1.54, 1.807) is 13.1 Å². The van der Waals surface area contributed by atoms with Crippen LogP contribution in [0.25, 0.3) is 5.82 Å². The molecule has 0 unspecified atom stereocenters. The quantitative estimate of drug-likeness (QED) is 0.457. The maximum absolute atomic E-state index is 12.5. The Morgan fingerprint density at radius 2 is 2.00 bits per heavy atom. The maximum atomic E-state index is 12.5. The Labute approximate surface area is 161 Å². The van der Waals surface area contributed by atoms with Gasteiger partial charge in [0, 0.05) is 18.8 Å². The van der Waals surface area contributed by atoms with Gasteiger partial charge in [-0.25, -0.2) is 10.1 Å². The van der Waals surface area contributed by atoms with Gasteiger partial charge in [0.15, 0.2) is 5.69 Å². The molecule has 0 fully saturated rings. The van der Waals surface area contributed by atoms with Gasteiger partial charge in [0.25, 0.3) is 5.91 Å². The second kappa shape index (κ2) is 8.29. The molecule has 1 amide bonds. The number of benzene rings is 1. The third-order valence-electron chi connectivity index (χ3n) is 4.15. The van der Waals surface area contributed by atoms with Gasteiger partial charge in [0.05, 0.1) is 11.9 Å². The summed E-state index contributed by atoms with van der Waals surface area (Å²) in [6.07, 6.45) is 1.55. The number of carbonyl (C=O) groups is 1. The molecule has 0 bridgehead atoms. The number of hydrazone groups is 1. The number of rotatable bonds is 7. The van der Waals surface area contributed by atoms with Crippen molar-refractivity contribution in [1.29, 1.82) is 0 Å². The van der Waals surface area contributed by atoms with Crippen molar-refractivity contribution in [2.45, 2.75) is 20.8 Å². The molecule has 1 aromatic carbocycles. The summed E-state index contributed by atoms with van der Waals surface area (Å²) in [4.78, 5) is 14.8. The second-order valence-corrected chi connectivity index (χ2v) is 5.87. The minimum Gasteiger partial charge on any atom is -0.378 e. The van der Waals surface area contributed by atoms with Gasteiger partial charge in [-0.05, 0) is 48.8 Å². The van der Waals surface area contributed by atoms with Crippen LogP contribution in [0.3, 0.4) is 0 Å².